The van der Waals surface area contributed by atoms with E-state index < -0.39 is 9.84 Å². The number of hydrogen-bond acceptors (Lipinski definition) is 3. The Morgan fingerprint density at radius 2 is 2.12 bits per heavy atom. The standard InChI is InChI=1S/C12H18ClNO2S/c1-17(15,16)7-3-5-11(9-14)10-4-2-6-12(13)8-10/h2,4,6,8,11H,3,5,7,9,14H2,1H3. The van der Waals surface area contributed by atoms with Crippen molar-refractivity contribution in [3.63, 3.8) is 0 Å². The van der Waals surface area contributed by atoms with Gasteiger partial charge in [0.2, 0.25) is 0 Å². The Kier molecular flexibility index (Phi) is 5.43. The third kappa shape index (κ3) is 5.52. The molecule has 0 bridgehead atoms. The van der Waals surface area contributed by atoms with Gasteiger partial charge in [-0.25, -0.2) is 8.42 Å². The molecule has 1 atom stereocenters. The molecule has 0 heterocycles. The molecule has 0 aliphatic carbocycles. The van der Waals surface area contributed by atoms with Crippen molar-refractivity contribution < 1.29 is 8.42 Å². The lowest BCUT2D eigenvalue weighted by Gasteiger charge is -2.15. The van der Waals surface area contributed by atoms with E-state index in [4.69, 9.17) is 17.3 Å². The molecule has 5 heteroatoms. The summed E-state index contributed by atoms with van der Waals surface area (Å²) >= 11 is 5.92. The minimum Gasteiger partial charge on any atom is -0.330 e. The molecule has 1 rings (SSSR count). The largest absolute Gasteiger partial charge is 0.330 e. The fourth-order valence-corrected chi connectivity index (χ4v) is 2.66. The summed E-state index contributed by atoms with van der Waals surface area (Å²) in [5.74, 6) is 0.389. The lowest BCUT2D eigenvalue weighted by molar-refractivity contribution is 0.584. The maximum atomic E-state index is 11.0. The molecule has 0 saturated carbocycles. The van der Waals surface area contributed by atoms with E-state index in [9.17, 15) is 8.42 Å². The van der Waals surface area contributed by atoms with E-state index in [1.54, 1.807) is 0 Å². The van der Waals surface area contributed by atoms with Gasteiger partial charge in [0.05, 0.1) is 0 Å². The molecule has 1 unspecified atom stereocenters. The van der Waals surface area contributed by atoms with Crippen LogP contribution in [0.15, 0.2) is 24.3 Å². The zero-order valence-corrected chi connectivity index (χ0v) is 11.5. The predicted octanol–water partition coefficient (Wildman–Crippen LogP) is 2.21. The molecule has 0 amide bonds. The molecule has 2 N–H and O–H groups in total. The van der Waals surface area contributed by atoms with E-state index in [1.807, 2.05) is 24.3 Å². The highest BCUT2D eigenvalue weighted by molar-refractivity contribution is 7.90. The van der Waals surface area contributed by atoms with Crippen molar-refractivity contribution in [2.24, 2.45) is 5.73 Å². The van der Waals surface area contributed by atoms with Crippen LogP contribution in [-0.4, -0.2) is 27.0 Å². The molecule has 3 nitrogen and oxygen atoms in total. The highest BCUT2D eigenvalue weighted by Gasteiger charge is 2.11. The number of rotatable bonds is 6. The van der Waals surface area contributed by atoms with Gasteiger partial charge in [0.1, 0.15) is 9.84 Å². The molecule has 17 heavy (non-hydrogen) atoms. The van der Waals surface area contributed by atoms with Crippen molar-refractivity contribution in [1.29, 1.82) is 0 Å². The molecule has 0 radical (unpaired) electrons. The van der Waals surface area contributed by atoms with Crippen molar-refractivity contribution in [3.05, 3.63) is 34.9 Å². The Morgan fingerprint density at radius 3 is 2.65 bits per heavy atom. The number of hydrogen-bond donors (Lipinski definition) is 1. The minimum absolute atomic E-state index is 0.176. The van der Waals surface area contributed by atoms with Gasteiger partial charge in [0.15, 0.2) is 0 Å². The number of nitrogens with two attached hydrogens (primary N) is 1. The van der Waals surface area contributed by atoms with E-state index >= 15 is 0 Å². The summed E-state index contributed by atoms with van der Waals surface area (Å²) in [6.45, 7) is 0.504. The second-order valence-corrected chi connectivity index (χ2v) is 6.96. The normalized spacial score (nSPS) is 13.6. The monoisotopic (exact) mass is 275 g/mol. The van der Waals surface area contributed by atoms with Gasteiger partial charge in [-0.3, -0.25) is 0 Å². The fraction of sp³-hybridized carbons (Fsp3) is 0.500. The smallest absolute Gasteiger partial charge is 0.147 e. The Hall–Kier alpha value is -0.580. The quantitative estimate of drug-likeness (QED) is 0.866. The second kappa shape index (κ2) is 6.38. The van der Waals surface area contributed by atoms with Crippen LogP contribution in [0.2, 0.25) is 5.02 Å². The molecule has 0 spiro atoms. The van der Waals surface area contributed by atoms with Crippen LogP contribution in [0, 0.1) is 0 Å². The first-order valence-electron chi connectivity index (χ1n) is 5.55. The summed E-state index contributed by atoms with van der Waals surface area (Å²) in [6, 6.07) is 7.56. The summed E-state index contributed by atoms with van der Waals surface area (Å²) in [4.78, 5) is 0. The van der Waals surface area contributed by atoms with Gasteiger partial charge in [0.25, 0.3) is 0 Å². The first-order chi connectivity index (χ1) is 7.92. The molecule has 96 valence electrons. The van der Waals surface area contributed by atoms with Gasteiger partial charge >= 0.3 is 0 Å². The zero-order valence-electron chi connectivity index (χ0n) is 9.90. The zero-order chi connectivity index (χ0) is 12.9. The van der Waals surface area contributed by atoms with Crippen LogP contribution < -0.4 is 5.73 Å². The van der Waals surface area contributed by atoms with Gasteiger partial charge < -0.3 is 5.73 Å². The summed E-state index contributed by atoms with van der Waals surface area (Å²) in [6.07, 6.45) is 2.65. The average Bonchev–Trinajstić information content (AvgIpc) is 2.23. The van der Waals surface area contributed by atoms with E-state index in [0.717, 1.165) is 12.0 Å². The molecular formula is C12H18ClNO2S. The summed E-state index contributed by atoms with van der Waals surface area (Å²) in [7, 11) is -2.89. The molecule has 0 aliphatic heterocycles. The Labute approximate surface area is 108 Å². The Balaban J connectivity index is 2.60. The summed E-state index contributed by atoms with van der Waals surface area (Å²) < 4.78 is 22.1. The lowest BCUT2D eigenvalue weighted by atomic mass is 9.95. The third-order valence-electron chi connectivity index (χ3n) is 2.67. The second-order valence-electron chi connectivity index (χ2n) is 4.26. The van der Waals surface area contributed by atoms with Crippen molar-refractivity contribution in [2.45, 2.75) is 18.8 Å². The van der Waals surface area contributed by atoms with E-state index in [-0.39, 0.29) is 11.7 Å². The molecule has 0 saturated heterocycles. The van der Waals surface area contributed by atoms with Crippen LogP contribution in [0.1, 0.15) is 24.3 Å². The van der Waals surface area contributed by atoms with Gasteiger partial charge in [0, 0.05) is 17.0 Å². The van der Waals surface area contributed by atoms with Crippen molar-refractivity contribution >= 4 is 21.4 Å². The van der Waals surface area contributed by atoms with Crippen molar-refractivity contribution in [2.75, 3.05) is 18.6 Å². The highest BCUT2D eigenvalue weighted by Crippen LogP contribution is 2.23. The Bertz CT molecular complexity index is 459. The highest BCUT2D eigenvalue weighted by atomic mass is 35.5. The third-order valence-corrected chi connectivity index (χ3v) is 3.94. The fourth-order valence-electron chi connectivity index (χ4n) is 1.77. The van der Waals surface area contributed by atoms with Gasteiger partial charge in [-0.2, -0.15) is 0 Å². The average molecular weight is 276 g/mol. The van der Waals surface area contributed by atoms with Gasteiger partial charge in [-0.15, -0.1) is 0 Å². The van der Waals surface area contributed by atoms with Crippen LogP contribution in [0.25, 0.3) is 0 Å². The predicted molar refractivity (Wildman–Crippen MR) is 72.2 cm³/mol. The maximum Gasteiger partial charge on any atom is 0.147 e. The van der Waals surface area contributed by atoms with Gasteiger partial charge in [-0.1, -0.05) is 23.7 Å². The van der Waals surface area contributed by atoms with E-state index in [0.29, 0.717) is 18.0 Å². The van der Waals surface area contributed by atoms with Crippen molar-refractivity contribution in [1.82, 2.24) is 0 Å². The number of sulfone groups is 1. The van der Waals surface area contributed by atoms with E-state index in [1.165, 1.54) is 6.26 Å². The molecule has 1 aromatic rings. The first kappa shape index (κ1) is 14.5. The topological polar surface area (TPSA) is 60.2 Å². The van der Waals surface area contributed by atoms with Gasteiger partial charge in [-0.05, 0) is 43.0 Å². The minimum atomic E-state index is -2.89. The maximum absolute atomic E-state index is 11.0. The number of halogens is 1. The van der Waals surface area contributed by atoms with Crippen LogP contribution in [0.4, 0.5) is 0 Å². The number of benzene rings is 1. The first-order valence-corrected chi connectivity index (χ1v) is 7.99. The summed E-state index contributed by atoms with van der Waals surface area (Å²) in [5.41, 5.74) is 6.79. The molecule has 0 aromatic heterocycles. The van der Waals surface area contributed by atoms with Crippen LogP contribution in [0.3, 0.4) is 0 Å². The SMILES string of the molecule is CS(=O)(=O)CCCC(CN)c1cccc(Cl)c1. The molecule has 0 fully saturated rings. The molecule has 0 aliphatic rings. The van der Waals surface area contributed by atoms with Crippen LogP contribution in [-0.2, 0) is 9.84 Å². The molecule has 1 aromatic carbocycles. The summed E-state index contributed by atoms with van der Waals surface area (Å²) in [5, 5.41) is 0.684. The van der Waals surface area contributed by atoms with Crippen LogP contribution in [0.5, 0.6) is 0 Å². The molecular weight excluding hydrogens is 258 g/mol. The van der Waals surface area contributed by atoms with Crippen LogP contribution >= 0.6 is 11.6 Å². The van der Waals surface area contributed by atoms with Crippen molar-refractivity contribution in [3.8, 4) is 0 Å². The van der Waals surface area contributed by atoms with E-state index in [2.05, 4.69) is 0 Å². The lowest BCUT2D eigenvalue weighted by Crippen LogP contribution is -2.14. The Morgan fingerprint density at radius 1 is 1.41 bits per heavy atom.